The molecule has 0 aromatic carbocycles. The number of amides is 1. The molecule has 0 spiro atoms. The molecule has 96 valence electrons. The topological polar surface area (TPSA) is 68.7 Å². The highest BCUT2D eigenvalue weighted by molar-refractivity contribution is 6.10. The summed E-state index contributed by atoms with van der Waals surface area (Å²) < 4.78 is 9.68. The van der Waals surface area contributed by atoms with Gasteiger partial charge in [0.1, 0.15) is 5.82 Å². The highest BCUT2D eigenvalue weighted by atomic mass is 16.5. The number of esters is 1. The van der Waals surface area contributed by atoms with Gasteiger partial charge in [-0.1, -0.05) is 6.07 Å². The summed E-state index contributed by atoms with van der Waals surface area (Å²) >= 11 is 0. The first-order chi connectivity index (χ1) is 8.62. The molecule has 6 nitrogen and oxygen atoms in total. The first-order valence-corrected chi connectivity index (χ1v) is 5.47. The second kappa shape index (κ2) is 4.73. The van der Waals surface area contributed by atoms with E-state index in [9.17, 15) is 9.59 Å². The monoisotopic (exact) mass is 250 g/mol. The van der Waals surface area contributed by atoms with Crippen molar-refractivity contribution in [2.24, 2.45) is 5.41 Å². The van der Waals surface area contributed by atoms with Crippen LogP contribution < -0.4 is 4.90 Å². The molecule has 0 N–H and O–H groups in total. The standard InChI is InChI=1S/C12H14N2O4/c1-14(9-5-3-4-6-13-9)10(15)12(7-18-8-12)11(16)17-2/h3-6H,7-8H2,1-2H3. The number of carbonyl (C=O) groups excluding carboxylic acids is 2. The third-order valence-electron chi connectivity index (χ3n) is 2.98. The van der Waals surface area contributed by atoms with Gasteiger partial charge in [0, 0.05) is 13.2 Å². The van der Waals surface area contributed by atoms with Gasteiger partial charge in [0.2, 0.25) is 5.91 Å². The average Bonchev–Trinajstić information content (AvgIpc) is 2.37. The van der Waals surface area contributed by atoms with E-state index in [2.05, 4.69) is 9.72 Å². The predicted molar refractivity (Wildman–Crippen MR) is 62.9 cm³/mol. The van der Waals surface area contributed by atoms with Crippen LogP contribution in [0.5, 0.6) is 0 Å². The lowest BCUT2D eigenvalue weighted by Crippen LogP contribution is -2.59. The van der Waals surface area contributed by atoms with E-state index in [1.807, 2.05) is 0 Å². The molecule has 0 bridgehead atoms. The van der Waals surface area contributed by atoms with Crippen molar-refractivity contribution < 1.29 is 19.1 Å². The van der Waals surface area contributed by atoms with Gasteiger partial charge in [-0.05, 0) is 12.1 Å². The minimum Gasteiger partial charge on any atom is -0.468 e. The smallest absolute Gasteiger partial charge is 0.326 e. The molecule has 1 aromatic heterocycles. The maximum Gasteiger partial charge on any atom is 0.326 e. The van der Waals surface area contributed by atoms with Crippen molar-refractivity contribution in [2.45, 2.75) is 0 Å². The van der Waals surface area contributed by atoms with Crippen LogP contribution >= 0.6 is 0 Å². The fraction of sp³-hybridized carbons (Fsp3) is 0.417. The lowest BCUT2D eigenvalue weighted by Gasteiger charge is -2.39. The summed E-state index contributed by atoms with van der Waals surface area (Å²) in [5, 5.41) is 0. The van der Waals surface area contributed by atoms with Gasteiger partial charge in [-0.25, -0.2) is 4.98 Å². The first-order valence-electron chi connectivity index (χ1n) is 5.47. The van der Waals surface area contributed by atoms with Crippen LogP contribution in [-0.2, 0) is 19.1 Å². The fourth-order valence-corrected chi connectivity index (χ4v) is 1.81. The molecule has 1 saturated heterocycles. The molecular formula is C12H14N2O4. The van der Waals surface area contributed by atoms with Gasteiger partial charge in [0.25, 0.3) is 0 Å². The van der Waals surface area contributed by atoms with Crippen LogP contribution in [-0.4, -0.2) is 44.2 Å². The Bertz CT molecular complexity index is 456. The molecule has 2 rings (SSSR count). The summed E-state index contributed by atoms with van der Waals surface area (Å²) in [5.74, 6) is -0.446. The fourth-order valence-electron chi connectivity index (χ4n) is 1.81. The second-order valence-electron chi connectivity index (χ2n) is 4.12. The van der Waals surface area contributed by atoms with Crippen molar-refractivity contribution in [3.8, 4) is 0 Å². The Labute approximate surface area is 105 Å². The van der Waals surface area contributed by atoms with Crippen molar-refractivity contribution in [1.82, 2.24) is 4.98 Å². The first kappa shape index (κ1) is 12.5. The molecule has 6 heteroatoms. The van der Waals surface area contributed by atoms with Crippen LogP contribution in [0.15, 0.2) is 24.4 Å². The maximum atomic E-state index is 12.4. The van der Waals surface area contributed by atoms with Gasteiger partial charge in [-0.15, -0.1) is 0 Å². The number of rotatable bonds is 3. The highest BCUT2D eigenvalue weighted by Gasteiger charge is 2.55. The van der Waals surface area contributed by atoms with E-state index >= 15 is 0 Å². The molecule has 0 atom stereocenters. The van der Waals surface area contributed by atoms with Gasteiger partial charge in [-0.3, -0.25) is 14.5 Å². The second-order valence-corrected chi connectivity index (χ2v) is 4.12. The zero-order chi connectivity index (χ0) is 13.2. The maximum absolute atomic E-state index is 12.4. The minimum absolute atomic E-state index is 0.0513. The summed E-state index contributed by atoms with van der Waals surface area (Å²) in [6, 6.07) is 5.22. The summed E-state index contributed by atoms with van der Waals surface area (Å²) in [6.07, 6.45) is 1.58. The minimum atomic E-state index is -1.22. The molecule has 0 aliphatic carbocycles. The van der Waals surface area contributed by atoms with E-state index in [-0.39, 0.29) is 19.1 Å². The lowest BCUT2D eigenvalue weighted by atomic mass is 9.84. The SMILES string of the molecule is COC(=O)C1(C(=O)N(C)c2ccccn2)COC1. The quantitative estimate of drug-likeness (QED) is 0.567. The summed E-state index contributed by atoms with van der Waals surface area (Å²) in [6.45, 7) is 0.103. The number of nitrogens with zero attached hydrogens (tertiary/aromatic N) is 2. The van der Waals surface area contributed by atoms with E-state index in [0.717, 1.165) is 0 Å². The van der Waals surface area contributed by atoms with Gasteiger partial charge >= 0.3 is 5.97 Å². The molecular weight excluding hydrogens is 236 g/mol. The Morgan fingerprint density at radius 1 is 1.44 bits per heavy atom. The number of pyridine rings is 1. The molecule has 0 radical (unpaired) electrons. The Morgan fingerprint density at radius 3 is 2.61 bits per heavy atom. The number of methoxy groups -OCH3 is 1. The third-order valence-corrected chi connectivity index (χ3v) is 2.98. The molecule has 18 heavy (non-hydrogen) atoms. The number of carbonyl (C=O) groups is 2. The number of aromatic nitrogens is 1. The molecule has 1 fully saturated rings. The number of anilines is 1. The number of ether oxygens (including phenoxy) is 2. The Kier molecular flexibility index (Phi) is 3.29. The van der Waals surface area contributed by atoms with Crippen molar-refractivity contribution in [3.63, 3.8) is 0 Å². The van der Waals surface area contributed by atoms with Crippen molar-refractivity contribution in [2.75, 3.05) is 32.3 Å². The Hall–Kier alpha value is -1.95. The van der Waals surface area contributed by atoms with E-state index in [1.165, 1.54) is 12.0 Å². The van der Waals surface area contributed by atoms with Crippen LogP contribution in [0, 0.1) is 5.41 Å². The highest BCUT2D eigenvalue weighted by Crippen LogP contribution is 2.32. The van der Waals surface area contributed by atoms with E-state index in [1.54, 1.807) is 31.4 Å². The van der Waals surface area contributed by atoms with Crippen molar-refractivity contribution in [1.29, 1.82) is 0 Å². The van der Waals surface area contributed by atoms with Crippen LogP contribution in [0.1, 0.15) is 0 Å². The zero-order valence-corrected chi connectivity index (χ0v) is 10.3. The molecule has 1 aliphatic heterocycles. The van der Waals surface area contributed by atoms with Crippen LogP contribution in [0.4, 0.5) is 5.82 Å². The zero-order valence-electron chi connectivity index (χ0n) is 10.3. The number of hydrogen-bond acceptors (Lipinski definition) is 5. The van der Waals surface area contributed by atoms with E-state index in [0.29, 0.717) is 5.82 Å². The van der Waals surface area contributed by atoms with Gasteiger partial charge < -0.3 is 9.47 Å². The summed E-state index contributed by atoms with van der Waals surface area (Å²) in [5.41, 5.74) is -1.22. The Balaban J connectivity index is 2.23. The van der Waals surface area contributed by atoms with Crippen LogP contribution in [0.2, 0.25) is 0 Å². The van der Waals surface area contributed by atoms with Gasteiger partial charge in [0.05, 0.1) is 20.3 Å². The average molecular weight is 250 g/mol. The lowest BCUT2D eigenvalue weighted by molar-refractivity contribution is -0.186. The third kappa shape index (κ3) is 1.84. The normalized spacial score (nSPS) is 16.6. The Morgan fingerprint density at radius 2 is 2.17 bits per heavy atom. The molecule has 2 heterocycles. The van der Waals surface area contributed by atoms with Gasteiger partial charge in [0.15, 0.2) is 5.41 Å². The van der Waals surface area contributed by atoms with Gasteiger partial charge in [-0.2, -0.15) is 0 Å². The molecule has 0 unspecified atom stereocenters. The predicted octanol–water partition coefficient (Wildman–Crippen LogP) is 0.234. The van der Waals surface area contributed by atoms with Crippen LogP contribution in [0.25, 0.3) is 0 Å². The number of hydrogen-bond donors (Lipinski definition) is 0. The molecule has 1 amide bonds. The summed E-state index contributed by atoms with van der Waals surface area (Å²) in [4.78, 5) is 29.5. The largest absolute Gasteiger partial charge is 0.468 e. The van der Waals surface area contributed by atoms with E-state index in [4.69, 9.17) is 4.74 Å². The van der Waals surface area contributed by atoms with Crippen molar-refractivity contribution in [3.05, 3.63) is 24.4 Å². The van der Waals surface area contributed by atoms with Crippen LogP contribution in [0.3, 0.4) is 0 Å². The molecule has 0 saturated carbocycles. The molecule has 1 aliphatic rings. The molecule has 1 aromatic rings. The summed E-state index contributed by atoms with van der Waals surface area (Å²) in [7, 11) is 2.84. The van der Waals surface area contributed by atoms with E-state index < -0.39 is 11.4 Å². The van der Waals surface area contributed by atoms with Crippen molar-refractivity contribution >= 4 is 17.7 Å².